The van der Waals surface area contributed by atoms with Crippen LogP contribution in [-0.2, 0) is 9.53 Å². The third kappa shape index (κ3) is 5.50. The van der Waals surface area contributed by atoms with E-state index in [1.807, 2.05) is 20.8 Å². The lowest BCUT2D eigenvalue weighted by Crippen LogP contribution is -2.40. The van der Waals surface area contributed by atoms with Crippen LogP contribution in [0.15, 0.2) is 0 Å². The summed E-state index contributed by atoms with van der Waals surface area (Å²) < 4.78 is 5.24. The zero-order valence-electron chi connectivity index (χ0n) is 11.6. The van der Waals surface area contributed by atoms with Crippen LogP contribution in [-0.4, -0.2) is 48.7 Å². The molecule has 0 radical (unpaired) electrons. The lowest BCUT2D eigenvalue weighted by molar-refractivity contribution is -0.153. The Kier molecular flexibility index (Phi) is 5.40. The minimum Gasteiger partial charge on any atom is -0.459 e. The third-order valence-electron chi connectivity index (χ3n) is 2.97. The molecule has 1 aliphatic heterocycles. The molecule has 0 aromatic heterocycles. The number of esters is 1. The number of hydrogen-bond donors (Lipinski definition) is 1. The lowest BCUT2D eigenvalue weighted by atomic mass is 10.2. The predicted molar refractivity (Wildman–Crippen MR) is 69.0 cm³/mol. The fourth-order valence-corrected chi connectivity index (χ4v) is 2.26. The zero-order chi connectivity index (χ0) is 12.9. The SMILES string of the molecule is CCN1CCCC1CNCC(=O)OC(C)(C)C. The maximum Gasteiger partial charge on any atom is 0.320 e. The van der Waals surface area contributed by atoms with Crippen LogP contribution in [0.4, 0.5) is 0 Å². The zero-order valence-corrected chi connectivity index (χ0v) is 11.6. The summed E-state index contributed by atoms with van der Waals surface area (Å²) in [6, 6.07) is 0.586. The fourth-order valence-electron chi connectivity index (χ4n) is 2.26. The summed E-state index contributed by atoms with van der Waals surface area (Å²) in [5, 5.41) is 3.20. The first kappa shape index (κ1) is 14.5. The van der Waals surface area contributed by atoms with E-state index in [0.717, 1.165) is 13.1 Å². The quantitative estimate of drug-likeness (QED) is 0.740. The van der Waals surface area contributed by atoms with Gasteiger partial charge in [-0.05, 0) is 46.7 Å². The molecule has 1 atom stereocenters. The van der Waals surface area contributed by atoms with Gasteiger partial charge in [-0.2, -0.15) is 0 Å². The number of nitrogens with one attached hydrogen (secondary N) is 1. The molecule has 1 fully saturated rings. The van der Waals surface area contributed by atoms with Crippen LogP contribution in [0.25, 0.3) is 0 Å². The van der Waals surface area contributed by atoms with Gasteiger partial charge < -0.3 is 10.1 Å². The summed E-state index contributed by atoms with van der Waals surface area (Å²) >= 11 is 0. The number of nitrogens with zero attached hydrogens (tertiary/aromatic N) is 1. The Hall–Kier alpha value is -0.610. The van der Waals surface area contributed by atoms with Crippen molar-refractivity contribution in [1.29, 1.82) is 0 Å². The van der Waals surface area contributed by atoms with Crippen molar-refractivity contribution in [2.75, 3.05) is 26.2 Å². The van der Waals surface area contributed by atoms with Crippen molar-refractivity contribution in [1.82, 2.24) is 10.2 Å². The summed E-state index contributed by atoms with van der Waals surface area (Å²) in [7, 11) is 0. The van der Waals surface area contributed by atoms with Crippen molar-refractivity contribution in [2.45, 2.75) is 52.2 Å². The first-order valence-corrected chi connectivity index (χ1v) is 6.59. The van der Waals surface area contributed by atoms with E-state index in [-0.39, 0.29) is 11.6 Å². The molecule has 1 unspecified atom stereocenters. The Bertz CT molecular complexity index is 248. The number of carbonyl (C=O) groups excluding carboxylic acids is 1. The first-order valence-electron chi connectivity index (χ1n) is 6.59. The number of likely N-dealkylation sites (tertiary alicyclic amines) is 1. The van der Waals surface area contributed by atoms with Gasteiger partial charge in [-0.25, -0.2) is 0 Å². The van der Waals surface area contributed by atoms with Gasteiger partial charge in [0.25, 0.3) is 0 Å². The molecular formula is C13H26N2O2. The van der Waals surface area contributed by atoms with E-state index in [0.29, 0.717) is 12.6 Å². The summed E-state index contributed by atoms with van der Waals surface area (Å²) in [4.78, 5) is 13.9. The highest BCUT2D eigenvalue weighted by atomic mass is 16.6. The Labute approximate surface area is 105 Å². The van der Waals surface area contributed by atoms with Crippen molar-refractivity contribution < 1.29 is 9.53 Å². The average Bonchev–Trinajstić information content (AvgIpc) is 2.62. The van der Waals surface area contributed by atoms with Crippen LogP contribution in [0, 0.1) is 0 Å². The highest BCUT2D eigenvalue weighted by Crippen LogP contribution is 2.15. The molecule has 0 aliphatic carbocycles. The molecule has 4 heteroatoms. The van der Waals surface area contributed by atoms with Gasteiger partial charge in [-0.1, -0.05) is 6.92 Å². The van der Waals surface area contributed by atoms with Gasteiger partial charge in [0.1, 0.15) is 5.60 Å². The summed E-state index contributed by atoms with van der Waals surface area (Å²) in [5.41, 5.74) is -0.387. The maximum absolute atomic E-state index is 11.5. The van der Waals surface area contributed by atoms with Crippen molar-refractivity contribution in [2.24, 2.45) is 0 Å². The van der Waals surface area contributed by atoms with E-state index in [4.69, 9.17) is 4.74 Å². The fraction of sp³-hybridized carbons (Fsp3) is 0.923. The second-order valence-electron chi connectivity index (χ2n) is 5.64. The summed E-state index contributed by atoms with van der Waals surface area (Å²) in [6.45, 7) is 11.3. The second kappa shape index (κ2) is 6.36. The van der Waals surface area contributed by atoms with Gasteiger partial charge in [0, 0.05) is 12.6 Å². The Morgan fingerprint density at radius 1 is 1.47 bits per heavy atom. The van der Waals surface area contributed by atoms with Gasteiger partial charge in [0.05, 0.1) is 6.54 Å². The molecule has 4 nitrogen and oxygen atoms in total. The van der Waals surface area contributed by atoms with Crippen LogP contribution >= 0.6 is 0 Å². The summed E-state index contributed by atoms with van der Waals surface area (Å²) in [5.74, 6) is -0.168. The summed E-state index contributed by atoms with van der Waals surface area (Å²) in [6.07, 6.45) is 2.50. The van der Waals surface area contributed by atoms with E-state index in [1.165, 1.54) is 19.4 Å². The highest BCUT2D eigenvalue weighted by Gasteiger charge is 2.23. The van der Waals surface area contributed by atoms with E-state index < -0.39 is 0 Å². The van der Waals surface area contributed by atoms with Crippen LogP contribution in [0.5, 0.6) is 0 Å². The van der Waals surface area contributed by atoms with Gasteiger partial charge in [0.2, 0.25) is 0 Å². The van der Waals surface area contributed by atoms with E-state index in [2.05, 4.69) is 17.1 Å². The van der Waals surface area contributed by atoms with Gasteiger partial charge in [-0.3, -0.25) is 9.69 Å². The van der Waals surface area contributed by atoms with Crippen molar-refractivity contribution in [3.63, 3.8) is 0 Å². The van der Waals surface area contributed by atoms with Gasteiger partial charge in [0.15, 0.2) is 0 Å². The minimum absolute atomic E-state index is 0.168. The van der Waals surface area contributed by atoms with E-state index in [9.17, 15) is 4.79 Å². The van der Waals surface area contributed by atoms with Crippen LogP contribution < -0.4 is 5.32 Å². The van der Waals surface area contributed by atoms with E-state index >= 15 is 0 Å². The normalized spacial score (nSPS) is 21.8. The molecule has 1 N–H and O–H groups in total. The van der Waals surface area contributed by atoms with Crippen molar-refractivity contribution in [3.8, 4) is 0 Å². The smallest absolute Gasteiger partial charge is 0.320 e. The standard InChI is InChI=1S/C13H26N2O2/c1-5-15-8-6-7-11(15)9-14-10-12(16)17-13(2,3)4/h11,14H,5-10H2,1-4H3. The molecule has 0 amide bonds. The van der Waals surface area contributed by atoms with Gasteiger partial charge >= 0.3 is 5.97 Å². The molecule has 0 saturated carbocycles. The number of likely N-dealkylation sites (N-methyl/N-ethyl adjacent to an activating group) is 1. The maximum atomic E-state index is 11.5. The van der Waals surface area contributed by atoms with Crippen LogP contribution in [0.1, 0.15) is 40.5 Å². The molecule has 0 aromatic carbocycles. The number of rotatable bonds is 5. The molecule has 1 rings (SSSR count). The average molecular weight is 242 g/mol. The molecule has 1 saturated heterocycles. The van der Waals surface area contributed by atoms with Crippen molar-refractivity contribution in [3.05, 3.63) is 0 Å². The molecule has 1 aliphatic rings. The molecule has 100 valence electrons. The molecule has 0 aromatic rings. The Morgan fingerprint density at radius 2 is 2.18 bits per heavy atom. The van der Waals surface area contributed by atoms with Gasteiger partial charge in [-0.15, -0.1) is 0 Å². The number of ether oxygens (including phenoxy) is 1. The Balaban J connectivity index is 2.17. The third-order valence-corrected chi connectivity index (χ3v) is 2.97. The lowest BCUT2D eigenvalue weighted by Gasteiger charge is -2.23. The topological polar surface area (TPSA) is 41.6 Å². The minimum atomic E-state index is -0.387. The number of carbonyl (C=O) groups is 1. The first-order chi connectivity index (χ1) is 7.92. The van der Waals surface area contributed by atoms with E-state index in [1.54, 1.807) is 0 Å². The van der Waals surface area contributed by atoms with Crippen LogP contribution in [0.3, 0.4) is 0 Å². The van der Waals surface area contributed by atoms with Crippen LogP contribution in [0.2, 0.25) is 0 Å². The molecule has 17 heavy (non-hydrogen) atoms. The molecule has 0 spiro atoms. The number of hydrogen-bond acceptors (Lipinski definition) is 4. The molecule has 1 heterocycles. The second-order valence-corrected chi connectivity index (χ2v) is 5.64. The molecular weight excluding hydrogens is 216 g/mol. The monoisotopic (exact) mass is 242 g/mol. The van der Waals surface area contributed by atoms with Crippen molar-refractivity contribution >= 4 is 5.97 Å². The molecule has 0 bridgehead atoms. The predicted octanol–water partition coefficient (Wildman–Crippen LogP) is 1.40. The highest BCUT2D eigenvalue weighted by molar-refractivity contribution is 5.72. The largest absolute Gasteiger partial charge is 0.459 e. The Morgan fingerprint density at radius 3 is 2.76 bits per heavy atom.